The standard InChI is InChI=1S/C14H19N3O3/c1-3-16-7-8-17(11(2)14(16)19)13(18)10-20-12-5-4-6-15-9-12/h4-6,9,11H,3,7-8,10H2,1-2H3/t11-/m0/s1. The Bertz CT molecular complexity index is 478. The molecule has 0 spiro atoms. The van der Waals surface area contributed by atoms with E-state index in [1.807, 2.05) is 6.92 Å². The lowest BCUT2D eigenvalue weighted by molar-refractivity contribution is -0.151. The molecule has 1 fully saturated rings. The van der Waals surface area contributed by atoms with Gasteiger partial charge in [-0.05, 0) is 26.0 Å². The number of carbonyl (C=O) groups excluding carboxylic acids is 2. The van der Waals surface area contributed by atoms with Crippen LogP contribution in [-0.2, 0) is 9.59 Å². The van der Waals surface area contributed by atoms with E-state index in [1.54, 1.807) is 41.2 Å². The SMILES string of the molecule is CCN1CCN(C(=O)COc2cccnc2)[C@@H](C)C1=O. The summed E-state index contributed by atoms with van der Waals surface area (Å²) in [5.74, 6) is 0.367. The van der Waals surface area contributed by atoms with Crippen molar-refractivity contribution in [3.05, 3.63) is 24.5 Å². The van der Waals surface area contributed by atoms with Crippen LogP contribution in [0.1, 0.15) is 13.8 Å². The van der Waals surface area contributed by atoms with Crippen molar-refractivity contribution in [3.8, 4) is 5.75 Å². The Morgan fingerprint density at radius 3 is 2.95 bits per heavy atom. The Balaban J connectivity index is 1.91. The second-order valence-electron chi connectivity index (χ2n) is 4.66. The first-order valence-electron chi connectivity index (χ1n) is 6.74. The first-order chi connectivity index (χ1) is 9.63. The Morgan fingerprint density at radius 2 is 2.30 bits per heavy atom. The summed E-state index contributed by atoms with van der Waals surface area (Å²) in [6, 6.07) is 3.06. The van der Waals surface area contributed by atoms with Crippen LogP contribution in [0.15, 0.2) is 24.5 Å². The van der Waals surface area contributed by atoms with E-state index < -0.39 is 6.04 Å². The Labute approximate surface area is 118 Å². The number of hydrogen-bond acceptors (Lipinski definition) is 4. The summed E-state index contributed by atoms with van der Waals surface area (Å²) in [5.41, 5.74) is 0. The molecule has 0 bridgehead atoms. The number of carbonyl (C=O) groups is 2. The average Bonchev–Trinajstić information content (AvgIpc) is 2.48. The fourth-order valence-corrected chi connectivity index (χ4v) is 2.24. The highest BCUT2D eigenvalue weighted by Crippen LogP contribution is 2.12. The highest BCUT2D eigenvalue weighted by atomic mass is 16.5. The summed E-state index contributed by atoms with van der Waals surface area (Å²) in [7, 11) is 0. The summed E-state index contributed by atoms with van der Waals surface area (Å²) in [6.07, 6.45) is 3.19. The monoisotopic (exact) mass is 277 g/mol. The molecule has 1 aromatic heterocycles. The first-order valence-corrected chi connectivity index (χ1v) is 6.74. The summed E-state index contributed by atoms with van der Waals surface area (Å²) in [5, 5.41) is 0. The van der Waals surface area contributed by atoms with Crippen molar-refractivity contribution in [1.29, 1.82) is 0 Å². The van der Waals surface area contributed by atoms with E-state index in [-0.39, 0.29) is 18.4 Å². The number of rotatable bonds is 4. The fourth-order valence-electron chi connectivity index (χ4n) is 2.24. The Kier molecular flexibility index (Phi) is 4.55. The topological polar surface area (TPSA) is 62.7 Å². The zero-order chi connectivity index (χ0) is 14.5. The molecule has 0 aliphatic carbocycles. The number of likely N-dealkylation sites (N-methyl/N-ethyl adjacent to an activating group) is 1. The lowest BCUT2D eigenvalue weighted by atomic mass is 10.1. The van der Waals surface area contributed by atoms with E-state index >= 15 is 0 Å². The van der Waals surface area contributed by atoms with Gasteiger partial charge in [-0.15, -0.1) is 0 Å². The first kappa shape index (κ1) is 14.3. The molecule has 1 aliphatic rings. The van der Waals surface area contributed by atoms with Crippen LogP contribution in [-0.4, -0.2) is 58.9 Å². The van der Waals surface area contributed by atoms with Gasteiger partial charge in [-0.2, -0.15) is 0 Å². The number of amides is 2. The maximum absolute atomic E-state index is 12.1. The van der Waals surface area contributed by atoms with Crippen molar-refractivity contribution >= 4 is 11.8 Å². The third-order valence-corrected chi connectivity index (χ3v) is 3.45. The minimum absolute atomic E-state index is 0.00604. The van der Waals surface area contributed by atoms with E-state index in [9.17, 15) is 9.59 Å². The van der Waals surface area contributed by atoms with Crippen molar-refractivity contribution in [2.24, 2.45) is 0 Å². The van der Waals surface area contributed by atoms with Gasteiger partial charge < -0.3 is 14.5 Å². The number of pyridine rings is 1. The smallest absolute Gasteiger partial charge is 0.261 e. The summed E-state index contributed by atoms with van der Waals surface area (Å²) in [4.78, 5) is 31.4. The normalized spacial score (nSPS) is 19.1. The highest BCUT2D eigenvalue weighted by molar-refractivity contribution is 5.89. The Morgan fingerprint density at radius 1 is 1.50 bits per heavy atom. The molecular weight excluding hydrogens is 258 g/mol. The molecule has 1 aliphatic heterocycles. The molecule has 2 amide bonds. The third-order valence-electron chi connectivity index (χ3n) is 3.45. The third kappa shape index (κ3) is 3.07. The predicted molar refractivity (Wildman–Crippen MR) is 73.2 cm³/mol. The quantitative estimate of drug-likeness (QED) is 0.806. The van der Waals surface area contributed by atoms with Crippen LogP contribution < -0.4 is 4.74 Å². The highest BCUT2D eigenvalue weighted by Gasteiger charge is 2.33. The summed E-state index contributed by atoms with van der Waals surface area (Å²) >= 11 is 0. The van der Waals surface area contributed by atoms with Crippen LogP contribution in [0.2, 0.25) is 0 Å². The van der Waals surface area contributed by atoms with E-state index in [0.29, 0.717) is 25.4 Å². The molecule has 2 heterocycles. The second kappa shape index (κ2) is 6.36. The van der Waals surface area contributed by atoms with Gasteiger partial charge in [0, 0.05) is 25.8 Å². The number of ether oxygens (including phenoxy) is 1. The van der Waals surface area contributed by atoms with E-state index in [2.05, 4.69) is 4.98 Å². The van der Waals surface area contributed by atoms with Crippen molar-refractivity contribution in [2.45, 2.75) is 19.9 Å². The van der Waals surface area contributed by atoms with Gasteiger partial charge in [-0.1, -0.05) is 0 Å². The number of aromatic nitrogens is 1. The van der Waals surface area contributed by atoms with Gasteiger partial charge in [0.2, 0.25) is 5.91 Å². The number of hydrogen-bond donors (Lipinski definition) is 0. The maximum Gasteiger partial charge on any atom is 0.261 e. The van der Waals surface area contributed by atoms with Gasteiger partial charge in [0.25, 0.3) is 5.91 Å². The fraction of sp³-hybridized carbons (Fsp3) is 0.500. The van der Waals surface area contributed by atoms with Gasteiger partial charge in [0.1, 0.15) is 11.8 Å². The number of piperazine rings is 1. The van der Waals surface area contributed by atoms with Gasteiger partial charge in [-0.3, -0.25) is 14.6 Å². The molecule has 2 rings (SSSR count). The van der Waals surface area contributed by atoms with Crippen LogP contribution in [0.25, 0.3) is 0 Å². The lowest BCUT2D eigenvalue weighted by Gasteiger charge is -2.38. The van der Waals surface area contributed by atoms with Gasteiger partial charge >= 0.3 is 0 Å². The molecule has 108 valence electrons. The van der Waals surface area contributed by atoms with E-state index in [0.717, 1.165) is 0 Å². The average molecular weight is 277 g/mol. The van der Waals surface area contributed by atoms with Crippen LogP contribution in [0, 0.1) is 0 Å². The molecule has 0 N–H and O–H groups in total. The van der Waals surface area contributed by atoms with Crippen molar-refractivity contribution in [1.82, 2.24) is 14.8 Å². The molecule has 1 atom stereocenters. The minimum atomic E-state index is -0.423. The molecule has 1 aromatic rings. The minimum Gasteiger partial charge on any atom is -0.482 e. The maximum atomic E-state index is 12.1. The largest absolute Gasteiger partial charge is 0.482 e. The molecule has 20 heavy (non-hydrogen) atoms. The van der Waals surface area contributed by atoms with Gasteiger partial charge in [0.15, 0.2) is 6.61 Å². The lowest BCUT2D eigenvalue weighted by Crippen LogP contribution is -2.58. The van der Waals surface area contributed by atoms with E-state index in [4.69, 9.17) is 4.74 Å². The van der Waals surface area contributed by atoms with Crippen LogP contribution in [0.4, 0.5) is 0 Å². The molecule has 0 radical (unpaired) electrons. The zero-order valence-electron chi connectivity index (χ0n) is 11.8. The van der Waals surface area contributed by atoms with Crippen molar-refractivity contribution in [2.75, 3.05) is 26.2 Å². The summed E-state index contributed by atoms with van der Waals surface area (Å²) in [6.45, 7) is 5.43. The van der Waals surface area contributed by atoms with Crippen LogP contribution in [0.5, 0.6) is 5.75 Å². The van der Waals surface area contributed by atoms with Crippen molar-refractivity contribution < 1.29 is 14.3 Å². The molecule has 1 saturated heterocycles. The molecule has 0 unspecified atom stereocenters. The molecule has 6 heteroatoms. The van der Waals surface area contributed by atoms with Crippen molar-refractivity contribution in [3.63, 3.8) is 0 Å². The second-order valence-corrected chi connectivity index (χ2v) is 4.66. The predicted octanol–water partition coefficient (Wildman–Crippen LogP) is 0.540. The number of nitrogens with zero attached hydrogens (tertiary/aromatic N) is 3. The molecule has 0 aromatic carbocycles. The van der Waals surface area contributed by atoms with Crippen LogP contribution >= 0.6 is 0 Å². The van der Waals surface area contributed by atoms with Crippen LogP contribution in [0.3, 0.4) is 0 Å². The summed E-state index contributed by atoms with van der Waals surface area (Å²) < 4.78 is 5.38. The van der Waals surface area contributed by atoms with Gasteiger partial charge in [-0.25, -0.2) is 0 Å². The molecular formula is C14H19N3O3. The van der Waals surface area contributed by atoms with E-state index in [1.165, 1.54) is 0 Å². The van der Waals surface area contributed by atoms with Gasteiger partial charge in [0.05, 0.1) is 6.20 Å². The molecule has 6 nitrogen and oxygen atoms in total. The Hall–Kier alpha value is -2.11. The molecule has 0 saturated carbocycles. The zero-order valence-corrected chi connectivity index (χ0v) is 11.8.